The van der Waals surface area contributed by atoms with Gasteiger partial charge >= 0.3 is 5.97 Å². The Morgan fingerprint density at radius 2 is 1.82 bits per heavy atom. The largest absolute Gasteiger partial charge is 0.493 e. The first-order valence-electron chi connectivity index (χ1n) is 8.04. The molecule has 0 fully saturated rings. The highest BCUT2D eigenvalue weighted by Crippen LogP contribution is 2.40. The van der Waals surface area contributed by atoms with Crippen LogP contribution in [0, 0.1) is 10.1 Å². The molecule has 2 aromatic carbocycles. The summed E-state index contributed by atoms with van der Waals surface area (Å²) in [4.78, 5) is 26.8. The Labute approximate surface area is 160 Å². The highest BCUT2D eigenvalue weighted by atomic mass is 16.6. The summed E-state index contributed by atoms with van der Waals surface area (Å²) in [6, 6.07) is 9.03. The fraction of sp³-hybridized carbons (Fsp3) is 0.158. The van der Waals surface area contributed by atoms with Crippen LogP contribution in [0.1, 0.15) is 11.1 Å². The monoisotopic (exact) mass is 384 g/mol. The highest BCUT2D eigenvalue weighted by Gasteiger charge is 2.26. The zero-order valence-electron chi connectivity index (χ0n) is 15.3. The van der Waals surface area contributed by atoms with E-state index in [0.29, 0.717) is 28.4 Å². The Hall–Kier alpha value is -3.88. The summed E-state index contributed by atoms with van der Waals surface area (Å²) in [6.07, 6.45) is 1.48. The van der Waals surface area contributed by atoms with Crippen LogP contribution in [0.4, 0.5) is 5.69 Å². The second kappa shape index (κ2) is 7.78. The van der Waals surface area contributed by atoms with Gasteiger partial charge in [0.15, 0.2) is 17.2 Å². The number of nitro groups is 1. The standard InChI is InChI=1S/C19H16N2O7/c1-25-15-8-7-11(16(26-2)17(15)27-3)10-14-19(22)28-18(20-14)12-5-4-6-13(9-12)21(23)24/h4-10H,1-3H3/b14-10+. The van der Waals surface area contributed by atoms with Gasteiger partial charge in [0.05, 0.1) is 26.3 Å². The molecule has 3 rings (SSSR count). The lowest BCUT2D eigenvalue weighted by Gasteiger charge is -2.14. The van der Waals surface area contributed by atoms with Crippen LogP contribution in [0.15, 0.2) is 47.1 Å². The van der Waals surface area contributed by atoms with Crippen LogP contribution < -0.4 is 14.2 Å². The molecule has 0 saturated carbocycles. The van der Waals surface area contributed by atoms with Gasteiger partial charge in [-0.25, -0.2) is 9.79 Å². The van der Waals surface area contributed by atoms with Crippen LogP contribution in [-0.4, -0.2) is 38.1 Å². The summed E-state index contributed by atoms with van der Waals surface area (Å²) in [5.41, 5.74) is 0.739. The van der Waals surface area contributed by atoms with Crippen molar-refractivity contribution in [2.45, 2.75) is 0 Å². The van der Waals surface area contributed by atoms with E-state index in [2.05, 4.69) is 4.99 Å². The van der Waals surface area contributed by atoms with Crippen LogP contribution in [0.25, 0.3) is 6.08 Å². The molecule has 0 radical (unpaired) electrons. The number of hydrogen-bond acceptors (Lipinski definition) is 8. The number of ether oxygens (including phenoxy) is 4. The maximum absolute atomic E-state index is 12.2. The van der Waals surface area contributed by atoms with Crippen LogP contribution in [0.5, 0.6) is 17.2 Å². The summed E-state index contributed by atoms with van der Waals surface area (Å²) < 4.78 is 21.1. The van der Waals surface area contributed by atoms with Gasteiger partial charge in [0, 0.05) is 23.3 Å². The molecule has 0 amide bonds. The average molecular weight is 384 g/mol. The van der Waals surface area contributed by atoms with Crippen LogP contribution in [-0.2, 0) is 9.53 Å². The van der Waals surface area contributed by atoms with E-state index in [-0.39, 0.29) is 17.3 Å². The first kappa shape index (κ1) is 18.9. The zero-order chi connectivity index (χ0) is 20.3. The number of aliphatic imine (C=N–C) groups is 1. The number of methoxy groups -OCH3 is 3. The molecule has 9 nitrogen and oxygen atoms in total. The number of rotatable bonds is 6. The fourth-order valence-electron chi connectivity index (χ4n) is 2.67. The molecule has 28 heavy (non-hydrogen) atoms. The number of non-ortho nitro benzene ring substituents is 1. The van der Waals surface area contributed by atoms with Gasteiger partial charge in [0.25, 0.3) is 5.69 Å². The van der Waals surface area contributed by atoms with E-state index < -0.39 is 10.9 Å². The topological polar surface area (TPSA) is 109 Å². The molecule has 0 saturated heterocycles. The number of esters is 1. The summed E-state index contributed by atoms with van der Waals surface area (Å²) in [5, 5.41) is 10.9. The summed E-state index contributed by atoms with van der Waals surface area (Å²) >= 11 is 0. The molecule has 144 valence electrons. The molecular weight excluding hydrogens is 368 g/mol. The predicted octanol–water partition coefficient (Wildman–Crippen LogP) is 2.97. The number of carbonyl (C=O) groups is 1. The Morgan fingerprint density at radius 3 is 2.46 bits per heavy atom. The van der Waals surface area contributed by atoms with Crippen molar-refractivity contribution in [3.05, 3.63) is 63.3 Å². The van der Waals surface area contributed by atoms with E-state index in [0.717, 1.165) is 0 Å². The average Bonchev–Trinajstić information content (AvgIpc) is 3.07. The van der Waals surface area contributed by atoms with Crippen molar-refractivity contribution in [2.75, 3.05) is 21.3 Å². The molecule has 2 aromatic rings. The van der Waals surface area contributed by atoms with Crippen molar-refractivity contribution >= 4 is 23.6 Å². The third-order valence-electron chi connectivity index (χ3n) is 3.95. The minimum Gasteiger partial charge on any atom is -0.493 e. The highest BCUT2D eigenvalue weighted by molar-refractivity contribution is 6.13. The first-order valence-corrected chi connectivity index (χ1v) is 8.04. The molecule has 1 aliphatic heterocycles. The number of carbonyl (C=O) groups excluding carboxylic acids is 1. The maximum Gasteiger partial charge on any atom is 0.363 e. The molecule has 0 N–H and O–H groups in total. The van der Waals surface area contributed by atoms with Gasteiger partial charge in [0.2, 0.25) is 11.6 Å². The minimum absolute atomic E-state index is 0.0145. The van der Waals surface area contributed by atoms with Crippen molar-refractivity contribution in [3.63, 3.8) is 0 Å². The lowest BCUT2D eigenvalue weighted by atomic mass is 10.1. The van der Waals surface area contributed by atoms with Crippen molar-refractivity contribution in [1.82, 2.24) is 0 Å². The number of hydrogen-bond donors (Lipinski definition) is 0. The smallest absolute Gasteiger partial charge is 0.363 e. The zero-order valence-corrected chi connectivity index (χ0v) is 15.3. The van der Waals surface area contributed by atoms with Crippen LogP contribution in [0.3, 0.4) is 0 Å². The van der Waals surface area contributed by atoms with E-state index in [1.54, 1.807) is 18.2 Å². The van der Waals surface area contributed by atoms with Crippen molar-refractivity contribution < 1.29 is 28.7 Å². The van der Waals surface area contributed by atoms with Gasteiger partial charge in [-0.3, -0.25) is 10.1 Å². The van der Waals surface area contributed by atoms with Crippen LogP contribution >= 0.6 is 0 Å². The van der Waals surface area contributed by atoms with Gasteiger partial charge < -0.3 is 18.9 Å². The SMILES string of the molecule is COc1ccc(/C=C2/N=C(c3cccc([N+](=O)[O-])c3)OC2=O)c(OC)c1OC. The van der Waals surface area contributed by atoms with Crippen molar-refractivity contribution in [3.8, 4) is 17.2 Å². The molecule has 0 aliphatic carbocycles. The fourth-order valence-corrected chi connectivity index (χ4v) is 2.67. The van der Waals surface area contributed by atoms with E-state index >= 15 is 0 Å². The lowest BCUT2D eigenvalue weighted by molar-refractivity contribution is -0.384. The minimum atomic E-state index is -0.682. The molecule has 0 spiro atoms. The molecule has 1 aliphatic rings. The Bertz CT molecular complexity index is 1010. The Kier molecular flexibility index (Phi) is 5.25. The third kappa shape index (κ3) is 3.50. The van der Waals surface area contributed by atoms with Gasteiger partial charge in [-0.2, -0.15) is 0 Å². The van der Waals surface area contributed by atoms with E-state index in [1.165, 1.54) is 45.6 Å². The molecule has 0 bridgehead atoms. The molecule has 0 unspecified atom stereocenters. The molecule has 9 heteroatoms. The quantitative estimate of drug-likeness (QED) is 0.326. The van der Waals surface area contributed by atoms with Crippen molar-refractivity contribution in [2.24, 2.45) is 4.99 Å². The van der Waals surface area contributed by atoms with Gasteiger partial charge in [-0.05, 0) is 24.3 Å². The number of benzene rings is 2. The predicted molar refractivity (Wildman–Crippen MR) is 99.8 cm³/mol. The van der Waals surface area contributed by atoms with E-state index in [1.807, 2.05) is 0 Å². The lowest BCUT2D eigenvalue weighted by Crippen LogP contribution is -2.05. The maximum atomic E-state index is 12.2. The second-order valence-electron chi connectivity index (χ2n) is 5.57. The summed E-state index contributed by atoms with van der Waals surface area (Å²) in [5.74, 6) is 0.503. The van der Waals surface area contributed by atoms with E-state index in [9.17, 15) is 14.9 Å². The Balaban J connectivity index is 2.03. The Morgan fingerprint density at radius 1 is 1.07 bits per heavy atom. The molecule has 1 heterocycles. The normalized spacial score (nSPS) is 14.5. The summed E-state index contributed by atoms with van der Waals surface area (Å²) in [7, 11) is 4.43. The number of nitrogens with zero attached hydrogens (tertiary/aromatic N) is 2. The molecule has 0 atom stereocenters. The van der Waals surface area contributed by atoms with Crippen molar-refractivity contribution in [1.29, 1.82) is 0 Å². The summed E-state index contributed by atoms with van der Waals surface area (Å²) in [6.45, 7) is 0. The van der Waals surface area contributed by atoms with Gasteiger partial charge in [0.1, 0.15) is 0 Å². The third-order valence-corrected chi connectivity index (χ3v) is 3.95. The van der Waals surface area contributed by atoms with E-state index in [4.69, 9.17) is 18.9 Å². The molecule has 0 aromatic heterocycles. The van der Waals surface area contributed by atoms with Gasteiger partial charge in [-0.1, -0.05) is 6.07 Å². The van der Waals surface area contributed by atoms with Gasteiger partial charge in [-0.15, -0.1) is 0 Å². The van der Waals surface area contributed by atoms with Crippen LogP contribution in [0.2, 0.25) is 0 Å². The molecular formula is C19H16N2O7. The second-order valence-corrected chi connectivity index (χ2v) is 5.57. The number of nitro benzene ring substituents is 1. The first-order chi connectivity index (χ1) is 13.5. The number of cyclic esters (lactones) is 1.